The number of likely N-dealkylation sites (tertiary alicyclic amines) is 1. The molecule has 1 unspecified atom stereocenters. The number of fused-ring (bicyclic) bond motifs is 1. The van der Waals surface area contributed by atoms with E-state index in [0.717, 1.165) is 30.6 Å². The van der Waals surface area contributed by atoms with E-state index >= 15 is 0 Å². The highest BCUT2D eigenvalue weighted by Gasteiger charge is 2.20. The van der Waals surface area contributed by atoms with Crippen LogP contribution in [0.15, 0.2) is 69.9 Å². The van der Waals surface area contributed by atoms with Gasteiger partial charge in [-0.1, -0.05) is 30.3 Å². The molecule has 1 aliphatic heterocycles. The second kappa shape index (κ2) is 8.92. The van der Waals surface area contributed by atoms with Gasteiger partial charge in [-0.25, -0.2) is 4.79 Å². The molecular formula is C23H24N2O4. The first-order valence-corrected chi connectivity index (χ1v) is 9.91. The first-order valence-electron chi connectivity index (χ1n) is 9.91. The molecule has 0 spiro atoms. The maximum atomic E-state index is 12.6. The van der Waals surface area contributed by atoms with Crippen molar-refractivity contribution < 1.29 is 13.9 Å². The van der Waals surface area contributed by atoms with Crippen LogP contribution in [0, 0.1) is 0 Å². The number of rotatable bonds is 7. The molecule has 1 atom stereocenters. The Hall–Kier alpha value is -3.12. The van der Waals surface area contributed by atoms with E-state index in [9.17, 15) is 9.59 Å². The fourth-order valence-corrected chi connectivity index (χ4v) is 3.66. The van der Waals surface area contributed by atoms with E-state index in [-0.39, 0.29) is 18.6 Å². The summed E-state index contributed by atoms with van der Waals surface area (Å²) in [5.74, 6) is 0.297. The van der Waals surface area contributed by atoms with Gasteiger partial charge in [-0.2, -0.15) is 0 Å². The predicted molar refractivity (Wildman–Crippen MR) is 111 cm³/mol. The van der Waals surface area contributed by atoms with Crippen LogP contribution in [0.4, 0.5) is 0 Å². The third-order valence-corrected chi connectivity index (χ3v) is 5.14. The highest BCUT2D eigenvalue weighted by molar-refractivity contribution is 5.79. The molecule has 1 N–H and O–H groups in total. The van der Waals surface area contributed by atoms with Gasteiger partial charge in [-0.3, -0.25) is 4.79 Å². The van der Waals surface area contributed by atoms with Crippen LogP contribution >= 0.6 is 0 Å². The zero-order valence-corrected chi connectivity index (χ0v) is 16.2. The summed E-state index contributed by atoms with van der Waals surface area (Å²) < 4.78 is 10.8. The highest BCUT2D eigenvalue weighted by atomic mass is 16.5. The second-order valence-corrected chi connectivity index (χ2v) is 7.28. The smallest absolute Gasteiger partial charge is 0.336 e. The molecule has 4 rings (SSSR count). The molecule has 3 aromatic rings. The van der Waals surface area contributed by atoms with Crippen molar-refractivity contribution in [1.29, 1.82) is 0 Å². The summed E-state index contributed by atoms with van der Waals surface area (Å²) in [7, 11) is 0. The molecule has 1 aromatic heterocycles. The lowest BCUT2D eigenvalue weighted by atomic mass is 10.1. The molecule has 1 saturated heterocycles. The zero-order chi connectivity index (χ0) is 20.1. The van der Waals surface area contributed by atoms with Crippen LogP contribution in [0.5, 0.6) is 5.75 Å². The van der Waals surface area contributed by atoms with Gasteiger partial charge in [0.25, 0.3) is 5.91 Å². The normalized spacial score (nSPS) is 15.3. The third kappa shape index (κ3) is 5.03. The van der Waals surface area contributed by atoms with Crippen LogP contribution in [-0.2, 0) is 4.79 Å². The van der Waals surface area contributed by atoms with Crippen molar-refractivity contribution in [1.82, 2.24) is 10.2 Å². The van der Waals surface area contributed by atoms with Crippen molar-refractivity contribution in [3.8, 4) is 5.75 Å². The van der Waals surface area contributed by atoms with Gasteiger partial charge in [0.05, 0.1) is 6.04 Å². The first-order chi connectivity index (χ1) is 14.2. The fraction of sp³-hybridized carbons (Fsp3) is 0.304. The first kappa shape index (κ1) is 19.2. The van der Waals surface area contributed by atoms with Gasteiger partial charge >= 0.3 is 5.63 Å². The van der Waals surface area contributed by atoms with Crippen LogP contribution < -0.4 is 15.7 Å². The Labute approximate surface area is 169 Å². The number of carbonyl (C=O) groups excluding carboxylic acids is 1. The number of nitrogens with one attached hydrogen (secondary N) is 1. The van der Waals surface area contributed by atoms with Crippen LogP contribution in [0.3, 0.4) is 0 Å². The van der Waals surface area contributed by atoms with Crippen molar-refractivity contribution in [3.05, 3.63) is 76.6 Å². The zero-order valence-electron chi connectivity index (χ0n) is 16.2. The van der Waals surface area contributed by atoms with E-state index in [1.807, 2.05) is 30.3 Å². The van der Waals surface area contributed by atoms with E-state index in [1.54, 1.807) is 24.3 Å². The van der Waals surface area contributed by atoms with Gasteiger partial charge in [0.1, 0.15) is 11.3 Å². The van der Waals surface area contributed by atoms with Crippen LogP contribution in [0.25, 0.3) is 11.0 Å². The monoisotopic (exact) mass is 392 g/mol. The maximum Gasteiger partial charge on any atom is 0.336 e. The fourth-order valence-electron chi connectivity index (χ4n) is 3.66. The molecule has 29 heavy (non-hydrogen) atoms. The largest absolute Gasteiger partial charge is 0.484 e. The number of carbonyl (C=O) groups is 1. The summed E-state index contributed by atoms with van der Waals surface area (Å²) >= 11 is 0. The predicted octanol–water partition coefficient (Wildman–Crippen LogP) is 3.13. The van der Waals surface area contributed by atoms with Gasteiger partial charge in [0, 0.05) is 24.1 Å². The molecule has 0 saturated carbocycles. The highest BCUT2D eigenvalue weighted by Crippen LogP contribution is 2.20. The molecule has 0 bridgehead atoms. The molecule has 0 radical (unpaired) electrons. The minimum Gasteiger partial charge on any atom is -0.484 e. The Bertz CT molecular complexity index is 1030. The Morgan fingerprint density at radius 3 is 2.62 bits per heavy atom. The van der Waals surface area contributed by atoms with Crippen LogP contribution in [0.1, 0.15) is 24.4 Å². The van der Waals surface area contributed by atoms with Crippen LogP contribution in [-0.4, -0.2) is 37.0 Å². The molecule has 150 valence electrons. The number of hydrogen-bond donors (Lipinski definition) is 1. The molecular weight excluding hydrogens is 368 g/mol. The summed E-state index contributed by atoms with van der Waals surface area (Å²) in [6.45, 7) is 2.82. The van der Waals surface area contributed by atoms with Crippen molar-refractivity contribution in [3.63, 3.8) is 0 Å². The summed E-state index contributed by atoms with van der Waals surface area (Å²) in [5.41, 5.74) is 1.10. The van der Waals surface area contributed by atoms with Crippen molar-refractivity contribution in [2.24, 2.45) is 0 Å². The van der Waals surface area contributed by atoms with Crippen molar-refractivity contribution in [2.45, 2.75) is 18.9 Å². The van der Waals surface area contributed by atoms with Gasteiger partial charge in [0.15, 0.2) is 6.61 Å². The summed E-state index contributed by atoms with van der Waals surface area (Å²) in [5, 5.41) is 3.90. The Kier molecular flexibility index (Phi) is 5.91. The second-order valence-electron chi connectivity index (χ2n) is 7.28. The average Bonchev–Trinajstić information content (AvgIpc) is 3.25. The lowest BCUT2D eigenvalue weighted by Gasteiger charge is -2.25. The van der Waals surface area contributed by atoms with Gasteiger partial charge in [-0.05, 0) is 49.7 Å². The Morgan fingerprint density at radius 1 is 1.07 bits per heavy atom. The van der Waals surface area contributed by atoms with Gasteiger partial charge in [-0.15, -0.1) is 0 Å². The topological polar surface area (TPSA) is 71.8 Å². The Morgan fingerprint density at radius 2 is 1.83 bits per heavy atom. The molecule has 1 amide bonds. The molecule has 6 nitrogen and oxygen atoms in total. The maximum absolute atomic E-state index is 12.6. The minimum atomic E-state index is -0.417. The molecule has 1 aliphatic rings. The van der Waals surface area contributed by atoms with Gasteiger partial charge in [0.2, 0.25) is 0 Å². The summed E-state index contributed by atoms with van der Waals surface area (Å²) in [4.78, 5) is 26.3. The van der Waals surface area contributed by atoms with E-state index in [4.69, 9.17) is 9.15 Å². The van der Waals surface area contributed by atoms with Crippen LogP contribution in [0.2, 0.25) is 0 Å². The lowest BCUT2D eigenvalue weighted by molar-refractivity contribution is -0.124. The van der Waals surface area contributed by atoms with E-state index in [1.165, 1.54) is 18.9 Å². The number of ether oxygens (including phenoxy) is 1. The summed E-state index contributed by atoms with van der Waals surface area (Å²) in [6.07, 6.45) is 2.41. The SMILES string of the molecule is O=C(COc1ccc2ccc(=O)oc2c1)NC(CN1CCCC1)c1ccccc1. The quantitative estimate of drug-likeness (QED) is 0.626. The standard InChI is InChI=1S/C23H24N2O4/c26-22(16-28-19-10-8-18-9-11-23(27)29-21(18)14-19)24-20(15-25-12-4-5-13-25)17-6-2-1-3-7-17/h1-3,6-11,14,20H,4-5,12-13,15-16H2,(H,24,26). The Balaban J connectivity index is 1.40. The lowest BCUT2D eigenvalue weighted by Crippen LogP contribution is -2.39. The molecule has 1 fully saturated rings. The third-order valence-electron chi connectivity index (χ3n) is 5.14. The number of amides is 1. The molecule has 2 heterocycles. The van der Waals surface area contributed by atoms with Crippen molar-refractivity contribution >= 4 is 16.9 Å². The summed E-state index contributed by atoms with van der Waals surface area (Å²) in [6, 6.07) is 18.2. The molecule has 2 aromatic carbocycles. The van der Waals surface area contributed by atoms with Gasteiger partial charge < -0.3 is 19.4 Å². The molecule has 0 aliphatic carbocycles. The van der Waals surface area contributed by atoms with E-state index in [0.29, 0.717) is 11.3 Å². The average molecular weight is 392 g/mol. The molecule has 6 heteroatoms. The van der Waals surface area contributed by atoms with E-state index in [2.05, 4.69) is 10.2 Å². The number of nitrogens with zero attached hydrogens (tertiary/aromatic N) is 1. The number of benzene rings is 2. The number of hydrogen-bond acceptors (Lipinski definition) is 5. The van der Waals surface area contributed by atoms with Crippen molar-refractivity contribution in [2.75, 3.05) is 26.2 Å². The van der Waals surface area contributed by atoms with E-state index < -0.39 is 5.63 Å². The minimum absolute atomic E-state index is 0.0833.